The summed E-state index contributed by atoms with van der Waals surface area (Å²) in [6.07, 6.45) is 0. The van der Waals surface area contributed by atoms with E-state index < -0.39 is 0 Å². The number of anilines is 1. The first-order chi connectivity index (χ1) is 8.74. The van der Waals surface area contributed by atoms with Crippen LogP contribution in [-0.4, -0.2) is 20.2 Å². The molecule has 3 rings (SSSR count). The Kier molecular flexibility index (Phi) is 2.45. The fourth-order valence-electron chi connectivity index (χ4n) is 1.46. The summed E-state index contributed by atoms with van der Waals surface area (Å²) in [6.45, 7) is 0. The Morgan fingerprint density at radius 1 is 1.33 bits per heavy atom. The molecule has 18 heavy (non-hydrogen) atoms. The number of benzene rings is 1. The predicted octanol–water partition coefficient (Wildman–Crippen LogP) is 2.15. The first-order valence-electron chi connectivity index (χ1n) is 5.05. The molecule has 0 bridgehead atoms. The Bertz CT molecular complexity index is 678. The highest BCUT2D eigenvalue weighted by atomic mass is 32.1. The molecule has 2 aromatic heterocycles. The van der Waals surface area contributed by atoms with Gasteiger partial charge in [0, 0.05) is 10.9 Å². The molecule has 2 heterocycles. The van der Waals surface area contributed by atoms with Crippen molar-refractivity contribution >= 4 is 17.0 Å². The molecule has 0 saturated heterocycles. The Morgan fingerprint density at radius 3 is 2.94 bits per heavy atom. The molecule has 6 nitrogen and oxygen atoms in total. The average Bonchev–Trinajstić information content (AvgIpc) is 3.01. The second kappa shape index (κ2) is 4.11. The van der Waals surface area contributed by atoms with Gasteiger partial charge in [0.2, 0.25) is 5.82 Å². The maximum atomic E-state index is 9.35. The normalized spacial score (nSPS) is 10.7. The van der Waals surface area contributed by atoms with Crippen molar-refractivity contribution in [2.24, 2.45) is 0 Å². The Balaban J connectivity index is 2.00. The Labute approximate surface area is 106 Å². The monoisotopic (exact) mass is 260 g/mol. The van der Waals surface area contributed by atoms with Gasteiger partial charge in [-0.25, -0.2) is 4.98 Å². The minimum absolute atomic E-state index is 0.0259. The van der Waals surface area contributed by atoms with E-state index >= 15 is 0 Å². The van der Waals surface area contributed by atoms with Gasteiger partial charge in [0.05, 0.1) is 11.2 Å². The van der Waals surface area contributed by atoms with E-state index in [1.807, 2.05) is 5.38 Å². The number of aromatic nitrogens is 3. The van der Waals surface area contributed by atoms with Crippen molar-refractivity contribution in [1.82, 2.24) is 15.1 Å². The van der Waals surface area contributed by atoms with Gasteiger partial charge in [-0.1, -0.05) is 5.16 Å². The molecule has 0 aliphatic carbocycles. The summed E-state index contributed by atoms with van der Waals surface area (Å²) >= 11 is 1.46. The lowest BCUT2D eigenvalue weighted by molar-refractivity contribution is 0.432. The lowest BCUT2D eigenvalue weighted by atomic mass is 10.2. The first-order valence-corrected chi connectivity index (χ1v) is 5.99. The quantitative estimate of drug-likeness (QED) is 0.541. The summed E-state index contributed by atoms with van der Waals surface area (Å²) in [6, 6.07) is 4.72. The third-order valence-electron chi connectivity index (χ3n) is 2.36. The molecule has 90 valence electrons. The third-order valence-corrected chi connectivity index (χ3v) is 2.95. The van der Waals surface area contributed by atoms with Crippen molar-refractivity contribution in [2.75, 3.05) is 5.73 Å². The SMILES string of the molecule is Nc1cc(-c2nc(-c3cscn3)no2)ccc1O. The molecule has 0 fully saturated rings. The number of aromatic hydroxyl groups is 1. The van der Waals surface area contributed by atoms with Crippen LogP contribution >= 0.6 is 11.3 Å². The molecule has 0 spiro atoms. The largest absolute Gasteiger partial charge is 0.506 e. The zero-order valence-electron chi connectivity index (χ0n) is 9.07. The van der Waals surface area contributed by atoms with E-state index in [2.05, 4.69) is 15.1 Å². The predicted molar refractivity (Wildman–Crippen MR) is 66.9 cm³/mol. The van der Waals surface area contributed by atoms with Gasteiger partial charge in [0.25, 0.3) is 5.89 Å². The van der Waals surface area contributed by atoms with Crippen LogP contribution < -0.4 is 5.73 Å². The summed E-state index contributed by atoms with van der Waals surface area (Å²) in [5.74, 6) is 0.792. The van der Waals surface area contributed by atoms with Crippen LogP contribution in [0.25, 0.3) is 23.0 Å². The third kappa shape index (κ3) is 1.80. The van der Waals surface area contributed by atoms with Crippen LogP contribution in [0, 0.1) is 0 Å². The zero-order chi connectivity index (χ0) is 12.5. The van der Waals surface area contributed by atoms with Gasteiger partial charge in [0.1, 0.15) is 11.4 Å². The standard InChI is InChI=1S/C11H8N4O2S/c12-7-3-6(1-2-9(7)16)11-14-10(15-17-11)8-4-18-5-13-8/h1-5,16H,12H2. The van der Waals surface area contributed by atoms with Crippen LogP contribution in [0.15, 0.2) is 33.6 Å². The van der Waals surface area contributed by atoms with Crippen LogP contribution in [0.5, 0.6) is 5.75 Å². The lowest BCUT2D eigenvalue weighted by Gasteiger charge is -1.99. The molecular formula is C11H8N4O2S. The molecule has 0 atom stereocenters. The fraction of sp³-hybridized carbons (Fsp3) is 0. The van der Waals surface area contributed by atoms with Crippen molar-refractivity contribution in [3.63, 3.8) is 0 Å². The molecule has 0 radical (unpaired) electrons. The number of thiazole rings is 1. The summed E-state index contributed by atoms with van der Waals surface area (Å²) in [5.41, 5.74) is 8.89. The smallest absolute Gasteiger partial charge is 0.258 e. The highest BCUT2D eigenvalue weighted by Crippen LogP contribution is 2.27. The maximum absolute atomic E-state index is 9.35. The van der Waals surface area contributed by atoms with Crippen molar-refractivity contribution < 1.29 is 9.63 Å². The number of hydrogen-bond acceptors (Lipinski definition) is 7. The van der Waals surface area contributed by atoms with E-state index in [0.717, 1.165) is 0 Å². The Morgan fingerprint density at radius 2 is 2.22 bits per heavy atom. The molecule has 0 amide bonds. The molecular weight excluding hydrogens is 252 g/mol. The zero-order valence-corrected chi connectivity index (χ0v) is 9.89. The van der Waals surface area contributed by atoms with E-state index in [4.69, 9.17) is 10.3 Å². The van der Waals surface area contributed by atoms with Gasteiger partial charge in [-0.2, -0.15) is 4.98 Å². The summed E-state index contributed by atoms with van der Waals surface area (Å²) in [4.78, 5) is 8.32. The van der Waals surface area contributed by atoms with Crippen LogP contribution in [0.1, 0.15) is 0 Å². The van der Waals surface area contributed by atoms with E-state index in [9.17, 15) is 5.11 Å². The highest BCUT2D eigenvalue weighted by Gasteiger charge is 2.12. The molecule has 3 N–H and O–H groups in total. The summed E-state index contributed by atoms with van der Waals surface area (Å²) in [7, 11) is 0. The van der Waals surface area contributed by atoms with Crippen LogP contribution in [0.3, 0.4) is 0 Å². The number of nitrogens with zero attached hydrogens (tertiary/aromatic N) is 3. The number of nitrogen functional groups attached to an aromatic ring is 1. The van der Waals surface area contributed by atoms with Crippen LogP contribution in [0.2, 0.25) is 0 Å². The average molecular weight is 260 g/mol. The van der Waals surface area contributed by atoms with Gasteiger partial charge in [-0.15, -0.1) is 11.3 Å². The Hall–Kier alpha value is -2.41. The molecule has 3 aromatic rings. The molecule has 1 aromatic carbocycles. The van der Waals surface area contributed by atoms with E-state index in [0.29, 0.717) is 23.0 Å². The number of hydrogen-bond donors (Lipinski definition) is 2. The minimum Gasteiger partial charge on any atom is -0.506 e. The van der Waals surface area contributed by atoms with Crippen molar-refractivity contribution in [3.8, 4) is 28.7 Å². The van der Waals surface area contributed by atoms with E-state index in [-0.39, 0.29) is 11.4 Å². The van der Waals surface area contributed by atoms with Crippen molar-refractivity contribution in [1.29, 1.82) is 0 Å². The summed E-state index contributed by atoms with van der Waals surface area (Å²) in [5, 5.41) is 15.0. The van der Waals surface area contributed by atoms with Gasteiger partial charge in [0.15, 0.2) is 0 Å². The van der Waals surface area contributed by atoms with Crippen LogP contribution in [0.4, 0.5) is 5.69 Å². The fourth-order valence-corrected chi connectivity index (χ4v) is 1.99. The second-order valence-electron chi connectivity index (χ2n) is 3.57. The number of rotatable bonds is 2. The highest BCUT2D eigenvalue weighted by molar-refractivity contribution is 7.07. The second-order valence-corrected chi connectivity index (χ2v) is 4.29. The molecule has 0 aliphatic rings. The first kappa shape index (κ1) is 10.7. The summed E-state index contributed by atoms with van der Waals surface area (Å²) < 4.78 is 5.14. The van der Waals surface area contributed by atoms with Gasteiger partial charge >= 0.3 is 0 Å². The van der Waals surface area contributed by atoms with Crippen molar-refractivity contribution in [2.45, 2.75) is 0 Å². The van der Waals surface area contributed by atoms with E-state index in [1.54, 1.807) is 17.6 Å². The van der Waals surface area contributed by atoms with Gasteiger partial charge in [-0.3, -0.25) is 0 Å². The molecule has 7 heteroatoms. The minimum atomic E-state index is 0.0259. The number of phenols is 1. The molecule has 0 saturated carbocycles. The van der Waals surface area contributed by atoms with E-state index in [1.165, 1.54) is 17.4 Å². The number of phenolic OH excluding ortho intramolecular Hbond substituents is 1. The van der Waals surface area contributed by atoms with Gasteiger partial charge in [-0.05, 0) is 18.2 Å². The maximum Gasteiger partial charge on any atom is 0.258 e. The molecule has 0 unspecified atom stereocenters. The van der Waals surface area contributed by atoms with Crippen molar-refractivity contribution in [3.05, 3.63) is 29.1 Å². The topological polar surface area (TPSA) is 98.1 Å². The van der Waals surface area contributed by atoms with Gasteiger partial charge < -0.3 is 15.4 Å². The lowest BCUT2D eigenvalue weighted by Crippen LogP contribution is -1.87. The molecule has 0 aliphatic heterocycles. The van der Waals surface area contributed by atoms with Crippen LogP contribution in [-0.2, 0) is 0 Å². The number of nitrogens with two attached hydrogens (primary N) is 1.